The summed E-state index contributed by atoms with van der Waals surface area (Å²) in [5.41, 5.74) is 3.54. The van der Waals surface area contributed by atoms with E-state index in [0.717, 1.165) is 22.5 Å². The molecule has 1 amide bonds. The first kappa shape index (κ1) is 18.9. The van der Waals surface area contributed by atoms with Crippen LogP contribution in [0.5, 0.6) is 0 Å². The van der Waals surface area contributed by atoms with Gasteiger partial charge in [-0.25, -0.2) is 0 Å². The van der Waals surface area contributed by atoms with Gasteiger partial charge in [0.1, 0.15) is 5.69 Å². The fourth-order valence-corrected chi connectivity index (χ4v) is 3.70. The zero-order valence-electron chi connectivity index (χ0n) is 16.1. The van der Waals surface area contributed by atoms with Crippen molar-refractivity contribution in [2.24, 2.45) is 14.1 Å². The number of nitrogens with zero attached hydrogens (tertiary/aromatic N) is 5. The molecule has 0 aliphatic heterocycles. The minimum Gasteiger partial charge on any atom is -0.325 e. The Morgan fingerprint density at radius 2 is 1.69 bits per heavy atom. The van der Waals surface area contributed by atoms with E-state index in [4.69, 9.17) is 0 Å². The van der Waals surface area contributed by atoms with Crippen molar-refractivity contribution in [3.8, 4) is 22.6 Å². The van der Waals surface area contributed by atoms with Crippen LogP contribution >= 0.6 is 11.8 Å². The van der Waals surface area contributed by atoms with Gasteiger partial charge in [0.15, 0.2) is 11.0 Å². The van der Waals surface area contributed by atoms with Crippen LogP contribution in [-0.4, -0.2) is 36.2 Å². The molecule has 4 rings (SSSR count). The Kier molecular flexibility index (Phi) is 5.44. The molecular weight excluding hydrogens is 384 g/mol. The van der Waals surface area contributed by atoms with Crippen LogP contribution in [0.4, 0.5) is 5.69 Å². The summed E-state index contributed by atoms with van der Waals surface area (Å²) in [5, 5.41) is 16.8. The lowest BCUT2D eigenvalue weighted by Gasteiger charge is -2.06. The Balaban J connectivity index is 1.52. The number of hydrogen-bond acceptors (Lipinski definition) is 5. The lowest BCUT2D eigenvalue weighted by molar-refractivity contribution is -0.113. The van der Waals surface area contributed by atoms with E-state index >= 15 is 0 Å². The third-order valence-electron chi connectivity index (χ3n) is 4.34. The van der Waals surface area contributed by atoms with Gasteiger partial charge in [-0.15, -0.1) is 10.2 Å². The van der Waals surface area contributed by atoms with Crippen LogP contribution in [-0.2, 0) is 18.9 Å². The van der Waals surface area contributed by atoms with E-state index in [2.05, 4.69) is 20.6 Å². The first-order valence-corrected chi connectivity index (χ1v) is 10.1. The van der Waals surface area contributed by atoms with Gasteiger partial charge in [-0.05, 0) is 12.1 Å². The SMILES string of the molecule is Cn1cc(-c2nnc(SCC(=O)Nc3ccccc3)n2C)c(-c2ccccc2)n1. The first-order valence-electron chi connectivity index (χ1n) is 9.08. The minimum absolute atomic E-state index is 0.0860. The molecule has 29 heavy (non-hydrogen) atoms. The number of amides is 1. The van der Waals surface area contributed by atoms with Gasteiger partial charge in [0.25, 0.3) is 0 Å². The molecule has 0 unspecified atom stereocenters. The number of nitrogens with one attached hydrogen (secondary N) is 1. The van der Waals surface area contributed by atoms with Crippen LogP contribution in [0.15, 0.2) is 72.0 Å². The molecule has 0 bridgehead atoms. The molecule has 2 aromatic heterocycles. The number of aryl methyl sites for hydroxylation is 1. The summed E-state index contributed by atoms with van der Waals surface area (Å²) in [5.74, 6) is 0.874. The molecule has 0 atom stereocenters. The number of carbonyl (C=O) groups is 1. The predicted molar refractivity (Wildman–Crippen MR) is 114 cm³/mol. The number of carbonyl (C=O) groups excluding carboxylic acids is 1. The van der Waals surface area contributed by atoms with Crippen LogP contribution in [0.3, 0.4) is 0 Å². The molecule has 0 radical (unpaired) electrons. The number of para-hydroxylation sites is 1. The van der Waals surface area contributed by atoms with Crippen molar-refractivity contribution in [1.29, 1.82) is 0 Å². The number of thioether (sulfide) groups is 1. The van der Waals surface area contributed by atoms with Crippen LogP contribution in [0.2, 0.25) is 0 Å². The number of hydrogen-bond donors (Lipinski definition) is 1. The Bertz CT molecular complexity index is 1120. The minimum atomic E-state index is -0.0860. The lowest BCUT2D eigenvalue weighted by atomic mass is 10.1. The third-order valence-corrected chi connectivity index (χ3v) is 5.36. The average Bonchev–Trinajstić information content (AvgIpc) is 3.30. The van der Waals surface area contributed by atoms with Gasteiger partial charge in [-0.3, -0.25) is 9.48 Å². The predicted octanol–water partition coefficient (Wildman–Crippen LogP) is 3.61. The summed E-state index contributed by atoms with van der Waals surface area (Å²) in [7, 11) is 3.78. The van der Waals surface area contributed by atoms with Gasteiger partial charge in [-0.2, -0.15) is 5.10 Å². The zero-order valence-corrected chi connectivity index (χ0v) is 16.9. The van der Waals surface area contributed by atoms with E-state index in [0.29, 0.717) is 11.0 Å². The molecule has 146 valence electrons. The molecule has 1 N–H and O–H groups in total. The molecule has 4 aromatic rings. The van der Waals surface area contributed by atoms with E-state index in [1.54, 1.807) is 4.68 Å². The van der Waals surface area contributed by atoms with Gasteiger partial charge in [0.05, 0.1) is 11.3 Å². The van der Waals surface area contributed by atoms with Crippen LogP contribution in [0, 0.1) is 0 Å². The van der Waals surface area contributed by atoms with Crippen LogP contribution in [0.1, 0.15) is 0 Å². The molecule has 8 heteroatoms. The topological polar surface area (TPSA) is 77.6 Å². The van der Waals surface area contributed by atoms with Crippen molar-refractivity contribution in [2.75, 3.05) is 11.1 Å². The van der Waals surface area contributed by atoms with Gasteiger partial charge in [0.2, 0.25) is 5.91 Å². The highest BCUT2D eigenvalue weighted by molar-refractivity contribution is 7.99. The van der Waals surface area contributed by atoms with Crippen LogP contribution in [0.25, 0.3) is 22.6 Å². The van der Waals surface area contributed by atoms with Crippen molar-refractivity contribution < 1.29 is 4.79 Å². The summed E-state index contributed by atoms with van der Waals surface area (Å²) in [6.45, 7) is 0. The van der Waals surface area contributed by atoms with Gasteiger partial charge >= 0.3 is 0 Å². The van der Waals surface area contributed by atoms with E-state index in [9.17, 15) is 4.79 Å². The zero-order chi connectivity index (χ0) is 20.2. The number of rotatable bonds is 6. The Hall–Kier alpha value is -3.39. The normalized spacial score (nSPS) is 10.8. The van der Waals surface area contributed by atoms with Crippen molar-refractivity contribution in [3.63, 3.8) is 0 Å². The standard InChI is InChI=1S/C21H20N6OS/c1-26-13-17(19(25-26)15-9-5-3-6-10-15)20-23-24-21(27(20)2)29-14-18(28)22-16-11-7-4-8-12-16/h3-13H,14H2,1-2H3,(H,22,28). The molecule has 2 aromatic carbocycles. The summed E-state index contributed by atoms with van der Waals surface area (Å²) in [6, 6.07) is 19.4. The van der Waals surface area contributed by atoms with Gasteiger partial charge in [0, 0.05) is 31.5 Å². The molecule has 0 spiro atoms. The fraction of sp³-hybridized carbons (Fsp3) is 0.143. The largest absolute Gasteiger partial charge is 0.325 e. The first-order chi connectivity index (χ1) is 14.1. The van der Waals surface area contributed by atoms with Crippen molar-refractivity contribution in [3.05, 3.63) is 66.9 Å². The van der Waals surface area contributed by atoms with E-state index < -0.39 is 0 Å². The quantitative estimate of drug-likeness (QED) is 0.497. The molecule has 0 saturated heterocycles. The molecule has 0 saturated carbocycles. The van der Waals surface area contributed by atoms with E-state index in [1.807, 2.05) is 85.5 Å². The number of aromatic nitrogens is 5. The highest BCUT2D eigenvalue weighted by Crippen LogP contribution is 2.31. The summed E-state index contributed by atoms with van der Waals surface area (Å²) in [6.07, 6.45) is 1.93. The highest BCUT2D eigenvalue weighted by atomic mass is 32.2. The lowest BCUT2D eigenvalue weighted by Crippen LogP contribution is -2.14. The van der Waals surface area contributed by atoms with Gasteiger partial charge in [-0.1, -0.05) is 60.3 Å². The Labute approximate surface area is 172 Å². The molecule has 0 aliphatic rings. The Morgan fingerprint density at radius 3 is 2.41 bits per heavy atom. The van der Waals surface area contributed by atoms with Crippen molar-refractivity contribution in [2.45, 2.75) is 5.16 Å². The summed E-state index contributed by atoms with van der Waals surface area (Å²) >= 11 is 1.35. The monoisotopic (exact) mass is 404 g/mol. The van der Waals surface area contributed by atoms with Crippen LogP contribution < -0.4 is 5.32 Å². The maximum atomic E-state index is 12.2. The second kappa shape index (κ2) is 8.32. The third kappa shape index (κ3) is 4.22. The smallest absolute Gasteiger partial charge is 0.234 e. The van der Waals surface area contributed by atoms with E-state index in [1.165, 1.54) is 11.8 Å². The van der Waals surface area contributed by atoms with E-state index in [-0.39, 0.29) is 11.7 Å². The van der Waals surface area contributed by atoms with Gasteiger partial charge < -0.3 is 9.88 Å². The molecule has 0 fully saturated rings. The fourth-order valence-electron chi connectivity index (χ4n) is 2.99. The molecule has 2 heterocycles. The Morgan fingerprint density at radius 1 is 1.00 bits per heavy atom. The number of anilines is 1. The second-order valence-electron chi connectivity index (χ2n) is 6.50. The molecule has 7 nitrogen and oxygen atoms in total. The molecule has 0 aliphatic carbocycles. The maximum absolute atomic E-state index is 12.2. The average molecular weight is 404 g/mol. The second-order valence-corrected chi connectivity index (χ2v) is 7.44. The number of benzene rings is 2. The summed E-state index contributed by atoms with van der Waals surface area (Å²) < 4.78 is 3.66. The maximum Gasteiger partial charge on any atom is 0.234 e. The summed E-state index contributed by atoms with van der Waals surface area (Å²) in [4.78, 5) is 12.2. The molecular formula is C21H20N6OS. The van der Waals surface area contributed by atoms with Crippen molar-refractivity contribution in [1.82, 2.24) is 24.5 Å². The highest BCUT2D eigenvalue weighted by Gasteiger charge is 2.19. The van der Waals surface area contributed by atoms with Crippen molar-refractivity contribution >= 4 is 23.4 Å².